The highest BCUT2D eigenvalue weighted by Crippen LogP contribution is 2.29. The van der Waals surface area contributed by atoms with E-state index in [4.69, 9.17) is 9.47 Å². The molecule has 0 fully saturated rings. The number of aliphatic hydroxyl groups is 1. The van der Waals surface area contributed by atoms with Crippen molar-refractivity contribution in [1.82, 2.24) is 5.32 Å². The molecule has 20 heavy (non-hydrogen) atoms. The van der Waals surface area contributed by atoms with Crippen molar-refractivity contribution in [3.05, 3.63) is 0 Å². The molecule has 0 spiro atoms. The van der Waals surface area contributed by atoms with Gasteiger partial charge in [0.25, 0.3) is 0 Å². The quantitative estimate of drug-likeness (QED) is 0.699. The van der Waals surface area contributed by atoms with Crippen LogP contribution >= 0.6 is 0 Å². The van der Waals surface area contributed by atoms with Gasteiger partial charge in [-0.1, -0.05) is 13.3 Å². The standard InChI is InChI=1S/C14H27NO5/c1-6-7-14(10-16,11(17)19-5)8-9-15-12(18)20-13(2,3)4/h16H,6-10H2,1-5H3,(H,15,18)/t14-/m0/s1. The van der Waals surface area contributed by atoms with E-state index in [0.717, 1.165) is 6.42 Å². The van der Waals surface area contributed by atoms with Crippen LogP contribution in [0.4, 0.5) is 4.79 Å². The molecule has 0 heterocycles. The van der Waals surface area contributed by atoms with E-state index in [2.05, 4.69) is 5.32 Å². The minimum Gasteiger partial charge on any atom is -0.469 e. The lowest BCUT2D eigenvalue weighted by Gasteiger charge is -2.28. The summed E-state index contributed by atoms with van der Waals surface area (Å²) in [5, 5.41) is 12.1. The number of esters is 1. The van der Waals surface area contributed by atoms with Gasteiger partial charge in [0.15, 0.2) is 0 Å². The number of carbonyl (C=O) groups excluding carboxylic acids is 2. The van der Waals surface area contributed by atoms with Crippen LogP contribution in [0.25, 0.3) is 0 Å². The zero-order valence-electron chi connectivity index (χ0n) is 13.1. The Morgan fingerprint density at radius 3 is 2.20 bits per heavy atom. The molecule has 6 heteroatoms. The monoisotopic (exact) mass is 289 g/mol. The second-order valence-electron chi connectivity index (χ2n) is 5.86. The highest BCUT2D eigenvalue weighted by atomic mass is 16.6. The van der Waals surface area contributed by atoms with Crippen molar-refractivity contribution in [1.29, 1.82) is 0 Å². The Labute approximate surface area is 120 Å². The Bertz CT molecular complexity index is 324. The normalized spacial score (nSPS) is 14.3. The maximum atomic E-state index is 11.8. The summed E-state index contributed by atoms with van der Waals surface area (Å²) in [6.45, 7) is 7.19. The van der Waals surface area contributed by atoms with E-state index in [-0.39, 0.29) is 13.2 Å². The van der Waals surface area contributed by atoms with E-state index >= 15 is 0 Å². The molecule has 0 aromatic carbocycles. The molecule has 0 aromatic rings. The summed E-state index contributed by atoms with van der Waals surface area (Å²) in [5.41, 5.74) is -1.53. The lowest BCUT2D eigenvalue weighted by molar-refractivity contribution is -0.156. The number of rotatable bonds is 7. The number of ether oxygens (including phenoxy) is 2. The molecule has 1 atom stereocenters. The number of carbonyl (C=O) groups is 2. The van der Waals surface area contributed by atoms with Crippen molar-refractivity contribution < 1.29 is 24.2 Å². The first-order valence-electron chi connectivity index (χ1n) is 6.87. The molecule has 0 saturated carbocycles. The zero-order valence-corrected chi connectivity index (χ0v) is 13.1. The Hall–Kier alpha value is -1.30. The van der Waals surface area contributed by atoms with Gasteiger partial charge in [0, 0.05) is 6.54 Å². The largest absolute Gasteiger partial charge is 0.469 e. The third-order valence-corrected chi connectivity index (χ3v) is 2.92. The Morgan fingerprint density at radius 2 is 1.80 bits per heavy atom. The van der Waals surface area contributed by atoms with Gasteiger partial charge in [-0.25, -0.2) is 4.79 Å². The molecule has 0 aliphatic rings. The van der Waals surface area contributed by atoms with Crippen LogP contribution in [0.1, 0.15) is 47.0 Å². The van der Waals surface area contributed by atoms with Crippen LogP contribution in [0.2, 0.25) is 0 Å². The molecule has 0 radical (unpaired) electrons. The summed E-state index contributed by atoms with van der Waals surface area (Å²) in [7, 11) is 1.30. The summed E-state index contributed by atoms with van der Waals surface area (Å²) in [6.07, 6.45) is 1.02. The number of hydrogen-bond acceptors (Lipinski definition) is 5. The molecule has 118 valence electrons. The first-order valence-corrected chi connectivity index (χ1v) is 6.87. The zero-order chi connectivity index (χ0) is 15.8. The fourth-order valence-electron chi connectivity index (χ4n) is 1.96. The van der Waals surface area contributed by atoms with Crippen molar-refractivity contribution in [3.63, 3.8) is 0 Å². The first-order chi connectivity index (χ1) is 9.20. The lowest BCUT2D eigenvalue weighted by atomic mass is 9.81. The van der Waals surface area contributed by atoms with Crippen LogP contribution in [-0.2, 0) is 14.3 Å². The van der Waals surface area contributed by atoms with Crippen molar-refractivity contribution in [2.24, 2.45) is 5.41 Å². The third kappa shape index (κ3) is 6.23. The van der Waals surface area contributed by atoms with E-state index in [1.165, 1.54) is 7.11 Å². The molecule has 0 aliphatic heterocycles. The van der Waals surface area contributed by atoms with Gasteiger partial charge in [0.05, 0.1) is 19.1 Å². The van der Waals surface area contributed by atoms with Gasteiger partial charge in [0.2, 0.25) is 0 Å². The summed E-state index contributed by atoms with van der Waals surface area (Å²) in [5.74, 6) is -0.451. The minimum absolute atomic E-state index is 0.241. The molecule has 2 N–H and O–H groups in total. The van der Waals surface area contributed by atoms with Crippen LogP contribution < -0.4 is 5.32 Å². The highest BCUT2D eigenvalue weighted by molar-refractivity contribution is 5.77. The van der Waals surface area contributed by atoms with Crippen molar-refractivity contribution in [2.75, 3.05) is 20.3 Å². The van der Waals surface area contributed by atoms with Gasteiger partial charge in [-0.3, -0.25) is 4.79 Å². The second kappa shape index (κ2) is 8.09. The maximum absolute atomic E-state index is 11.8. The van der Waals surface area contributed by atoms with E-state index in [9.17, 15) is 14.7 Å². The minimum atomic E-state index is -0.960. The van der Waals surface area contributed by atoms with Crippen molar-refractivity contribution in [2.45, 2.75) is 52.6 Å². The molecule has 0 aliphatic carbocycles. The summed E-state index contributed by atoms with van der Waals surface area (Å²) in [4.78, 5) is 23.4. The van der Waals surface area contributed by atoms with Gasteiger partial charge in [-0.15, -0.1) is 0 Å². The summed E-state index contributed by atoms with van der Waals surface area (Å²) < 4.78 is 9.86. The molecule has 1 amide bonds. The molecule has 0 unspecified atom stereocenters. The second-order valence-corrected chi connectivity index (χ2v) is 5.86. The lowest BCUT2D eigenvalue weighted by Crippen LogP contribution is -2.40. The smallest absolute Gasteiger partial charge is 0.407 e. The maximum Gasteiger partial charge on any atom is 0.407 e. The van der Waals surface area contributed by atoms with Crippen molar-refractivity contribution >= 4 is 12.1 Å². The van der Waals surface area contributed by atoms with Gasteiger partial charge in [-0.2, -0.15) is 0 Å². The Morgan fingerprint density at radius 1 is 1.20 bits per heavy atom. The molecule has 0 bridgehead atoms. The number of nitrogens with one attached hydrogen (secondary N) is 1. The van der Waals surface area contributed by atoms with Crippen LogP contribution in [0.15, 0.2) is 0 Å². The average molecular weight is 289 g/mol. The van der Waals surface area contributed by atoms with E-state index in [0.29, 0.717) is 12.8 Å². The molecule has 0 saturated heterocycles. The molecule has 0 aromatic heterocycles. The van der Waals surface area contributed by atoms with E-state index in [1.807, 2.05) is 6.92 Å². The van der Waals surface area contributed by atoms with E-state index < -0.39 is 23.1 Å². The summed E-state index contributed by atoms with van der Waals surface area (Å²) >= 11 is 0. The fraction of sp³-hybridized carbons (Fsp3) is 0.857. The van der Waals surface area contributed by atoms with Gasteiger partial charge < -0.3 is 19.9 Å². The molecular formula is C14H27NO5. The number of aliphatic hydroxyl groups excluding tert-OH is 1. The van der Waals surface area contributed by atoms with Gasteiger partial charge in [-0.05, 0) is 33.6 Å². The predicted molar refractivity (Wildman–Crippen MR) is 75.3 cm³/mol. The summed E-state index contributed by atoms with van der Waals surface area (Å²) in [6, 6.07) is 0. The topological polar surface area (TPSA) is 84.9 Å². The molecule has 6 nitrogen and oxygen atoms in total. The van der Waals surface area contributed by atoms with Crippen LogP contribution in [0.5, 0.6) is 0 Å². The fourth-order valence-corrected chi connectivity index (χ4v) is 1.96. The number of hydrogen-bond donors (Lipinski definition) is 2. The third-order valence-electron chi connectivity index (χ3n) is 2.92. The van der Waals surface area contributed by atoms with Gasteiger partial charge in [0.1, 0.15) is 5.60 Å². The number of methoxy groups -OCH3 is 1. The van der Waals surface area contributed by atoms with Crippen LogP contribution in [0, 0.1) is 5.41 Å². The van der Waals surface area contributed by atoms with Crippen molar-refractivity contribution in [3.8, 4) is 0 Å². The predicted octanol–water partition coefficient (Wildman–Crippen LogP) is 1.85. The number of alkyl carbamates (subject to hydrolysis) is 1. The average Bonchev–Trinajstić information content (AvgIpc) is 2.34. The Balaban J connectivity index is 4.48. The van der Waals surface area contributed by atoms with Crippen LogP contribution in [-0.4, -0.2) is 43.0 Å². The Kier molecular flexibility index (Phi) is 7.57. The highest BCUT2D eigenvalue weighted by Gasteiger charge is 2.38. The first kappa shape index (κ1) is 18.7. The van der Waals surface area contributed by atoms with Crippen LogP contribution in [0.3, 0.4) is 0 Å². The molecule has 0 rings (SSSR count). The number of amides is 1. The SMILES string of the molecule is CCC[C@@](CO)(CCNC(=O)OC(C)(C)C)C(=O)OC. The molecular weight excluding hydrogens is 262 g/mol. The van der Waals surface area contributed by atoms with E-state index in [1.54, 1.807) is 20.8 Å². The van der Waals surface area contributed by atoms with Gasteiger partial charge >= 0.3 is 12.1 Å².